The first-order valence-corrected chi connectivity index (χ1v) is 9.14. The van der Waals surface area contributed by atoms with E-state index in [0.717, 1.165) is 16.1 Å². The maximum absolute atomic E-state index is 12.3. The third-order valence-corrected chi connectivity index (χ3v) is 4.85. The Morgan fingerprint density at radius 1 is 1.12 bits per heavy atom. The highest BCUT2D eigenvalue weighted by Gasteiger charge is 2.13. The fourth-order valence-electron chi connectivity index (χ4n) is 2.53. The van der Waals surface area contributed by atoms with Crippen molar-refractivity contribution in [1.82, 2.24) is 4.98 Å². The average Bonchev–Trinajstić information content (AvgIpc) is 2.54. The second-order valence-electron chi connectivity index (χ2n) is 6.87. The Kier molecular flexibility index (Phi) is 4.77. The van der Waals surface area contributed by atoms with E-state index in [-0.39, 0.29) is 11.0 Å². The minimum atomic E-state index is -0.231. The van der Waals surface area contributed by atoms with E-state index in [1.807, 2.05) is 25.1 Å². The Hall–Kier alpha value is -2.40. The van der Waals surface area contributed by atoms with E-state index in [1.54, 1.807) is 12.1 Å². The highest BCUT2D eigenvalue weighted by Crippen LogP contribution is 2.28. The van der Waals surface area contributed by atoms with Gasteiger partial charge in [0.2, 0.25) is 0 Å². The van der Waals surface area contributed by atoms with Crippen molar-refractivity contribution in [3.05, 3.63) is 58.4 Å². The Bertz CT molecular complexity index is 941. The lowest BCUT2D eigenvalue weighted by atomic mass is 9.87. The van der Waals surface area contributed by atoms with Crippen molar-refractivity contribution in [3.8, 4) is 5.75 Å². The molecular weight excluding hydrogens is 332 g/mol. The summed E-state index contributed by atoms with van der Waals surface area (Å²) in [6.45, 7) is 9.08. The summed E-state index contributed by atoms with van der Waals surface area (Å²) in [5.74, 6) is 0.761. The molecule has 0 fully saturated rings. The molecule has 1 heterocycles. The largest absolute Gasteiger partial charge is 0.494 e. The predicted molar refractivity (Wildman–Crippen MR) is 105 cm³/mol. The maximum atomic E-state index is 12.3. The van der Waals surface area contributed by atoms with E-state index in [1.165, 1.54) is 16.9 Å². The van der Waals surface area contributed by atoms with Crippen molar-refractivity contribution >= 4 is 32.2 Å². The number of nitrogens with one attached hydrogen (secondary N) is 1. The predicted octanol–water partition coefficient (Wildman–Crippen LogP) is 5.10. The lowest BCUT2D eigenvalue weighted by molar-refractivity contribution is 0.341. The molecule has 5 heteroatoms. The number of anilines is 2. The molecule has 130 valence electrons. The zero-order valence-corrected chi connectivity index (χ0v) is 15.7. The van der Waals surface area contributed by atoms with Crippen LogP contribution < -0.4 is 15.6 Å². The average molecular weight is 354 g/mol. The van der Waals surface area contributed by atoms with Crippen molar-refractivity contribution < 1.29 is 4.74 Å². The Balaban J connectivity index is 1.92. The molecule has 1 N–H and O–H groups in total. The van der Waals surface area contributed by atoms with Crippen molar-refractivity contribution in [2.75, 3.05) is 11.9 Å². The van der Waals surface area contributed by atoms with Gasteiger partial charge < -0.3 is 10.1 Å². The van der Waals surface area contributed by atoms with Crippen LogP contribution in [-0.4, -0.2) is 11.6 Å². The van der Waals surface area contributed by atoms with Gasteiger partial charge in [-0.15, -0.1) is 0 Å². The minimum absolute atomic E-state index is 0.111. The molecule has 25 heavy (non-hydrogen) atoms. The van der Waals surface area contributed by atoms with Gasteiger partial charge in [-0.2, -0.15) is 4.98 Å². The van der Waals surface area contributed by atoms with Gasteiger partial charge in [-0.25, -0.2) is 0 Å². The smallest absolute Gasteiger partial charge is 0.281 e. The van der Waals surface area contributed by atoms with Crippen LogP contribution in [0.1, 0.15) is 33.3 Å². The summed E-state index contributed by atoms with van der Waals surface area (Å²) in [6, 6.07) is 13.7. The van der Waals surface area contributed by atoms with E-state index < -0.39 is 0 Å². The monoisotopic (exact) mass is 354 g/mol. The Morgan fingerprint density at radius 2 is 1.84 bits per heavy atom. The van der Waals surface area contributed by atoms with Crippen LogP contribution >= 0.6 is 11.3 Å². The van der Waals surface area contributed by atoms with Gasteiger partial charge in [-0.05, 0) is 48.2 Å². The summed E-state index contributed by atoms with van der Waals surface area (Å²) >= 11 is 1.44. The van der Waals surface area contributed by atoms with Crippen molar-refractivity contribution in [3.63, 3.8) is 0 Å². The lowest BCUT2D eigenvalue weighted by Crippen LogP contribution is -2.11. The molecule has 3 aromatic rings. The molecule has 0 spiro atoms. The summed E-state index contributed by atoms with van der Waals surface area (Å²) in [7, 11) is 0. The van der Waals surface area contributed by atoms with E-state index in [2.05, 4.69) is 43.2 Å². The van der Waals surface area contributed by atoms with Crippen LogP contribution in [0.4, 0.5) is 10.8 Å². The summed E-state index contributed by atoms with van der Waals surface area (Å²) < 4.78 is 6.38. The zero-order chi connectivity index (χ0) is 18.0. The number of nitrogens with zero attached hydrogens (tertiary/aromatic N) is 1. The first-order chi connectivity index (χ1) is 11.9. The number of hydrogen-bond donors (Lipinski definition) is 1. The molecule has 3 rings (SSSR count). The molecule has 0 unspecified atom stereocenters. The third kappa shape index (κ3) is 3.99. The molecule has 0 radical (unpaired) electrons. The standard InChI is InChI=1S/C20H22N2O2S/c1-5-24-15-10-11-16-17(12-15)25-19(22-18(16)23)21-14-8-6-13(7-9-14)20(2,3)4/h6-12H,5H2,1-4H3,(H,21,22,23). The van der Waals surface area contributed by atoms with Crippen LogP contribution in [0.3, 0.4) is 0 Å². The van der Waals surface area contributed by atoms with Crippen LogP contribution in [0.2, 0.25) is 0 Å². The molecule has 0 saturated heterocycles. The SMILES string of the molecule is CCOc1ccc2c(=O)nc(Nc3ccc(C(C)(C)C)cc3)sc2c1. The van der Waals surface area contributed by atoms with Gasteiger partial charge in [-0.3, -0.25) is 4.79 Å². The molecule has 2 aromatic carbocycles. The van der Waals surface area contributed by atoms with Crippen LogP contribution in [0.15, 0.2) is 47.3 Å². The number of rotatable bonds is 4. The first kappa shape index (κ1) is 17.4. The highest BCUT2D eigenvalue weighted by atomic mass is 32.1. The van der Waals surface area contributed by atoms with Gasteiger partial charge in [0.1, 0.15) is 5.75 Å². The Morgan fingerprint density at radius 3 is 2.48 bits per heavy atom. The van der Waals surface area contributed by atoms with Crippen molar-refractivity contribution in [2.45, 2.75) is 33.1 Å². The van der Waals surface area contributed by atoms with Gasteiger partial charge in [0.15, 0.2) is 5.13 Å². The van der Waals surface area contributed by atoms with Crippen molar-refractivity contribution in [1.29, 1.82) is 0 Å². The number of benzene rings is 2. The van der Waals surface area contributed by atoms with E-state index >= 15 is 0 Å². The zero-order valence-electron chi connectivity index (χ0n) is 14.9. The number of ether oxygens (including phenoxy) is 1. The van der Waals surface area contributed by atoms with Gasteiger partial charge in [-0.1, -0.05) is 44.2 Å². The molecule has 0 atom stereocenters. The molecule has 0 saturated carbocycles. The van der Waals surface area contributed by atoms with E-state index in [4.69, 9.17) is 4.74 Å². The fraction of sp³-hybridized carbons (Fsp3) is 0.300. The third-order valence-electron chi connectivity index (χ3n) is 3.91. The molecule has 0 bridgehead atoms. The number of fused-ring (bicyclic) bond motifs is 1. The number of aromatic nitrogens is 1. The van der Waals surface area contributed by atoms with Gasteiger partial charge >= 0.3 is 0 Å². The van der Waals surface area contributed by atoms with Gasteiger partial charge in [0, 0.05) is 10.4 Å². The quantitative estimate of drug-likeness (QED) is 0.708. The van der Waals surface area contributed by atoms with Crippen molar-refractivity contribution in [2.24, 2.45) is 0 Å². The second kappa shape index (κ2) is 6.84. The molecule has 0 aliphatic carbocycles. The fourth-order valence-corrected chi connectivity index (χ4v) is 3.48. The van der Waals surface area contributed by atoms with Crippen LogP contribution in [0.25, 0.3) is 10.1 Å². The van der Waals surface area contributed by atoms with Crippen LogP contribution in [0.5, 0.6) is 5.75 Å². The summed E-state index contributed by atoms with van der Waals surface area (Å²) in [5, 5.41) is 4.43. The highest BCUT2D eigenvalue weighted by molar-refractivity contribution is 7.21. The minimum Gasteiger partial charge on any atom is -0.494 e. The van der Waals surface area contributed by atoms with Crippen LogP contribution in [-0.2, 0) is 5.41 Å². The number of hydrogen-bond acceptors (Lipinski definition) is 5. The van der Waals surface area contributed by atoms with E-state index in [0.29, 0.717) is 17.1 Å². The summed E-state index contributed by atoms with van der Waals surface area (Å²) in [6.07, 6.45) is 0. The molecule has 0 amide bonds. The molecule has 1 aromatic heterocycles. The molecule has 0 aliphatic heterocycles. The molecule has 0 aliphatic rings. The molecule has 4 nitrogen and oxygen atoms in total. The topological polar surface area (TPSA) is 51.2 Å². The summed E-state index contributed by atoms with van der Waals surface area (Å²) in [5.41, 5.74) is 2.06. The summed E-state index contributed by atoms with van der Waals surface area (Å²) in [4.78, 5) is 16.4. The first-order valence-electron chi connectivity index (χ1n) is 8.32. The maximum Gasteiger partial charge on any atom is 0.281 e. The van der Waals surface area contributed by atoms with Crippen LogP contribution in [0, 0.1) is 0 Å². The molecular formula is C20H22N2O2S. The normalized spacial score (nSPS) is 11.5. The van der Waals surface area contributed by atoms with E-state index in [9.17, 15) is 4.79 Å². The Labute approximate surface area is 151 Å². The van der Waals surface area contributed by atoms with Gasteiger partial charge in [0.05, 0.1) is 12.0 Å². The second-order valence-corrected chi connectivity index (χ2v) is 7.90. The van der Waals surface area contributed by atoms with Gasteiger partial charge in [0.25, 0.3) is 5.56 Å². The lowest BCUT2D eigenvalue weighted by Gasteiger charge is -2.19.